The number of anilines is 2. The van der Waals surface area contributed by atoms with Gasteiger partial charge in [-0.15, -0.1) is 0 Å². The van der Waals surface area contributed by atoms with E-state index in [2.05, 4.69) is 11.4 Å². The van der Waals surface area contributed by atoms with Gasteiger partial charge in [-0.3, -0.25) is 9.59 Å². The number of benzene rings is 5. The topological polar surface area (TPSA) is 90.0 Å². The first kappa shape index (κ1) is 27.6. The van der Waals surface area contributed by atoms with E-state index < -0.39 is 22.1 Å². The van der Waals surface area contributed by atoms with E-state index in [1.165, 1.54) is 4.31 Å². The first-order chi connectivity index (χ1) is 20.7. The van der Waals surface area contributed by atoms with Crippen LogP contribution in [0.4, 0.5) is 11.4 Å². The molecule has 0 unspecified atom stereocenters. The summed E-state index contributed by atoms with van der Waals surface area (Å²) in [4.78, 5) is 31.1. The van der Waals surface area contributed by atoms with Crippen LogP contribution >= 0.6 is 0 Å². The zero-order valence-electron chi connectivity index (χ0n) is 24.3. The fraction of sp³-hybridized carbons (Fsp3) is 0.294. The highest BCUT2D eigenvalue weighted by atomic mass is 32.2. The Morgan fingerprint density at radius 2 is 1.40 bits per heavy atom. The summed E-state index contributed by atoms with van der Waals surface area (Å²) in [5.41, 5.74) is 1.68. The molecule has 0 aromatic heterocycles. The lowest BCUT2D eigenvalue weighted by Gasteiger charge is -2.31. The maximum Gasteiger partial charge on any atom is 0.247 e. The summed E-state index contributed by atoms with van der Waals surface area (Å²) < 4.78 is 30.0. The fourth-order valence-corrected chi connectivity index (χ4v) is 8.74. The molecular weight excluding hydrogens is 560 g/mol. The van der Waals surface area contributed by atoms with Crippen LogP contribution in [0.3, 0.4) is 0 Å². The summed E-state index contributed by atoms with van der Waals surface area (Å²) in [5.74, 6) is -0.540. The van der Waals surface area contributed by atoms with Crippen LogP contribution in [-0.2, 0) is 19.6 Å². The van der Waals surface area contributed by atoms with Crippen molar-refractivity contribution >= 4 is 65.5 Å². The Bertz CT molecular complexity index is 1960. The number of sulfonamides is 1. The van der Waals surface area contributed by atoms with Gasteiger partial charge in [0.15, 0.2) is 0 Å². The van der Waals surface area contributed by atoms with Gasteiger partial charge in [-0.1, -0.05) is 48.5 Å². The van der Waals surface area contributed by atoms with Gasteiger partial charge in [0, 0.05) is 43.9 Å². The Labute approximate surface area is 251 Å². The molecule has 2 saturated heterocycles. The molecule has 0 aliphatic carbocycles. The highest BCUT2D eigenvalue weighted by Crippen LogP contribution is 2.39. The average Bonchev–Trinajstić information content (AvgIpc) is 3.71. The van der Waals surface area contributed by atoms with Gasteiger partial charge in [-0.2, -0.15) is 4.31 Å². The third-order valence-corrected chi connectivity index (χ3v) is 11.0. The van der Waals surface area contributed by atoms with E-state index in [9.17, 15) is 18.0 Å². The lowest BCUT2D eigenvalue weighted by atomic mass is 9.94. The normalized spacial score (nSPS) is 19.5. The predicted molar refractivity (Wildman–Crippen MR) is 171 cm³/mol. The minimum Gasteiger partial charge on any atom is -0.378 e. The molecule has 2 amide bonds. The van der Waals surface area contributed by atoms with Crippen LogP contribution in [0.25, 0.3) is 32.3 Å². The SMILES string of the molecule is CN(C)c1ccc(NC(=O)[C@@H]2CCCN2C(=O)[C@@H]2CCCN2S(=O)(=O)c2ccc3ccc4cccc5ccc2c3c45)cc1. The molecule has 5 aromatic carbocycles. The molecule has 2 fully saturated rings. The van der Waals surface area contributed by atoms with Gasteiger partial charge in [0.25, 0.3) is 0 Å². The Kier molecular flexibility index (Phi) is 6.74. The van der Waals surface area contributed by atoms with Crippen molar-refractivity contribution in [3.8, 4) is 0 Å². The predicted octanol–water partition coefficient (Wildman–Crippen LogP) is 5.43. The maximum atomic E-state index is 14.3. The van der Waals surface area contributed by atoms with Gasteiger partial charge in [-0.05, 0) is 82.9 Å². The molecule has 2 aliphatic rings. The Morgan fingerprint density at radius 3 is 2.12 bits per heavy atom. The molecule has 7 rings (SSSR count). The monoisotopic (exact) mass is 594 g/mol. The Hall–Kier alpha value is -4.21. The van der Waals surface area contributed by atoms with E-state index in [1.54, 1.807) is 11.0 Å². The molecule has 0 radical (unpaired) electrons. The second kappa shape index (κ2) is 10.5. The molecular formula is C34H34N4O4S. The average molecular weight is 595 g/mol. The van der Waals surface area contributed by atoms with Crippen molar-refractivity contribution in [2.24, 2.45) is 0 Å². The molecule has 9 heteroatoms. The largest absolute Gasteiger partial charge is 0.378 e. The van der Waals surface area contributed by atoms with Gasteiger partial charge >= 0.3 is 0 Å². The van der Waals surface area contributed by atoms with Crippen molar-refractivity contribution in [2.75, 3.05) is 37.4 Å². The van der Waals surface area contributed by atoms with E-state index in [1.807, 2.05) is 85.7 Å². The smallest absolute Gasteiger partial charge is 0.247 e. The standard InChI is InChI=1S/C34H34N4O4S/c1-36(2)26-16-14-25(15-17-26)35-33(39)28-8-4-20-37(28)34(40)29-9-5-21-38(29)43(41,42)30-19-13-24-11-10-22-6-3-7-23-12-18-27(30)32(24)31(22)23/h3,6-7,10-19,28-29H,4-5,8-9,20-21H2,1-2H3,(H,35,39)/t28-,29-/m0/s1. The number of hydrogen-bond acceptors (Lipinski definition) is 5. The third kappa shape index (κ3) is 4.58. The van der Waals surface area contributed by atoms with Gasteiger partial charge in [0.1, 0.15) is 12.1 Å². The first-order valence-electron chi connectivity index (χ1n) is 14.8. The molecule has 43 heavy (non-hydrogen) atoms. The van der Waals surface area contributed by atoms with Crippen molar-refractivity contribution in [1.82, 2.24) is 9.21 Å². The lowest BCUT2D eigenvalue weighted by Crippen LogP contribution is -2.51. The number of hydrogen-bond donors (Lipinski definition) is 1. The van der Waals surface area contributed by atoms with E-state index in [0.29, 0.717) is 43.3 Å². The Morgan fingerprint density at radius 1 is 0.767 bits per heavy atom. The van der Waals surface area contributed by atoms with Crippen LogP contribution in [0.15, 0.2) is 83.8 Å². The molecule has 2 aliphatic heterocycles. The number of carbonyl (C=O) groups excluding carboxylic acids is 2. The van der Waals surface area contributed by atoms with E-state index >= 15 is 0 Å². The molecule has 1 N–H and O–H groups in total. The minimum absolute atomic E-state index is 0.217. The molecule has 8 nitrogen and oxygen atoms in total. The number of rotatable bonds is 6. The number of carbonyl (C=O) groups is 2. The van der Waals surface area contributed by atoms with Crippen molar-refractivity contribution in [3.63, 3.8) is 0 Å². The zero-order valence-corrected chi connectivity index (χ0v) is 25.1. The van der Waals surface area contributed by atoms with Crippen LogP contribution in [0, 0.1) is 0 Å². The summed E-state index contributed by atoms with van der Waals surface area (Å²) >= 11 is 0. The molecule has 0 saturated carbocycles. The quantitative estimate of drug-likeness (QED) is 0.265. The van der Waals surface area contributed by atoms with Gasteiger partial charge in [-0.25, -0.2) is 8.42 Å². The van der Waals surface area contributed by atoms with Crippen LogP contribution in [0.5, 0.6) is 0 Å². The third-order valence-electron chi connectivity index (χ3n) is 9.05. The van der Waals surface area contributed by atoms with Crippen molar-refractivity contribution in [1.29, 1.82) is 0 Å². The van der Waals surface area contributed by atoms with E-state index in [4.69, 9.17) is 0 Å². The van der Waals surface area contributed by atoms with Gasteiger partial charge in [0.2, 0.25) is 21.8 Å². The maximum absolute atomic E-state index is 14.3. The van der Waals surface area contributed by atoms with Crippen LogP contribution < -0.4 is 10.2 Å². The molecule has 0 spiro atoms. The molecule has 5 aromatic rings. The highest BCUT2D eigenvalue weighted by molar-refractivity contribution is 7.89. The number of likely N-dealkylation sites (tertiary alicyclic amines) is 1. The van der Waals surface area contributed by atoms with Crippen molar-refractivity contribution < 1.29 is 18.0 Å². The molecule has 2 heterocycles. The summed E-state index contributed by atoms with van der Waals surface area (Å²) in [5, 5.41) is 8.70. The number of amides is 2. The summed E-state index contributed by atoms with van der Waals surface area (Å²) in [6, 6.07) is 23.6. The first-order valence-corrected chi connectivity index (χ1v) is 16.3. The minimum atomic E-state index is -4.00. The summed E-state index contributed by atoms with van der Waals surface area (Å²) in [6.07, 6.45) is 2.25. The van der Waals surface area contributed by atoms with E-state index in [-0.39, 0.29) is 23.3 Å². The lowest BCUT2D eigenvalue weighted by molar-refractivity contribution is -0.139. The highest BCUT2D eigenvalue weighted by Gasteiger charge is 2.45. The Balaban J connectivity index is 1.17. The van der Waals surface area contributed by atoms with Crippen molar-refractivity contribution in [3.05, 3.63) is 78.9 Å². The number of nitrogens with one attached hydrogen (secondary N) is 1. The zero-order chi connectivity index (χ0) is 29.9. The molecule has 220 valence electrons. The van der Waals surface area contributed by atoms with Gasteiger partial charge in [0.05, 0.1) is 4.90 Å². The molecule has 0 bridgehead atoms. The molecule has 2 atom stereocenters. The van der Waals surface area contributed by atoms with Crippen LogP contribution in [0.1, 0.15) is 25.7 Å². The van der Waals surface area contributed by atoms with Crippen LogP contribution in [-0.4, -0.2) is 68.7 Å². The van der Waals surface area contributed by atoms with Crippen molar-refractivity contribution in [2.45, 2.75) is 42.7 Å². The van der Waals surface area contributed by atoms with Crippen LogP contribution in [0.2, 0.25) is 0 Å². The summed E-state index contributed by atoms with van der Waals surface area (Å²) in [6.45, 7) is 0.698. The second-order valence-corrected chi connectivity index (χ2v) is 13.7. The summed E-state index contributed by atoms with van der Waals surface area (Å²) in [7, 11) is -0.102. The fourth-order valence-electron chi connectivity index (χ4n) is 6.90. The van der Waals surface area contributed by atoms with E-state index in [0.717, 1.165) is 32.6 Å². The number of nitrogens with zero attached hydrogens (tertiary/aromatic N) is 3. The second-order valence-electron chi connectivity index (χ2n) is 11.8. The van der Waals surface area contributed by atoms with Gasteiger partial charge < -0.3 is 15.1 Å².